The predicted octanol–water partition coefficient (Wildman–Crippen LogP) is 0.562. The number of nitrogen functional groups attached to an aromatic ring is 1. The molecular weight excluding hydrogens is 268 g/mol. The minimum atomic E-state index is -0.280. The van der Waals surface area contributed by atoms with Gasteiger partial charge in [0.1, 0.15) is 12.1 Å². The van der Waals surface area contributed by atoms with Crippen LogP contribution in [0.5, 0.6) is 0 Å². The van der Waals surface area contributed by atoms with E-state index in [9.17, 15) is 4.79 Å². The zero-order valence-electron chi connectivity index (χ0n) is 11.3. The number of fused-ring (bicyclic) bond motifs is 2. The first-order valence-corrected chi connectivity index (χ1v) is 6.76. The molecule has 0 aliphatic carbocycles. The van der Waals surface area contributed by atoms with Crippen molar-refractivity contribution in [1.29, 1.82) is 0 Å². The maximum absolute atomic E-state index is 11.4. The monoisotopic (exact) mass is 282 g/mol. The number of nitrogens with two attached hydrogens (primary N) is 1. The van der Waals surface area contributed by atoms with E-state index >= 15 is 0 Å². The highest BCUT2D eigenvalue weighted by atomic mass is 16.1. The normalized spacial score (nSPS) is 14.4. The summed E-state index contributed by atoms with van der Waals surface area (Å²) < 4.78 is 1.38. The van der Waals surface area contributed by atoms with E-state index in [-0.39, 0.29) is 5.69 Å². The molecule has 7 nitrogen and oxygen atoms in total. The van der Waals surface area contributed by atoms with Gasteiger partial charge in [0, 0.05) is 24.8 Å². The fourth-order valence-electron chi connectivity index (χ4n) is 2.78. The van der Waals surface area contributed by atoms with E-state index in [2.05, 4.69) is 26.1 Å². The summed E-state index contributed by atoms with van der Waals surface area (Å²) in [6.45, 7) is 1.59. The van der Waals surface area contributed by atoms with Crippen LogP contribution in [0, 0.1) is 0 Å². The summed E-state index contributed by atoms with van der Waals surface area (Å²) in [4.78, 5) is 18.0. The molecule has 0 saturated heterocycles. The maximum Gasteiger partial charge on any atom is 0.348 e. The fourth-order valence-corrected chi connectivity index (χ4v) is 2.78. The van der Waals surface area contributed by atoms with Crippen LogP contribution in [0.3, 0.4) is 0 Å². The Hall–Kier alpha value is -2.83. The molecule has 0 bridgehead atoms. The van der Waals surface area contributed by atoms with Gasteiger partial charge < -0.3 is 10.6 Å². The van der Waals surface area contributed by atoms with Gasteiger partial charge in [-0.1, -0.05) is 12.1 Å². The SMILES string of the molecule is Nc1cccc2c1CN(c1cc3n[nH]c(=O)n3cn1)CC2. The van der Waals surface area contributed by atoms with Crippen molar-refractivity contribution < 1.29 is 0 Å². The Bertz CT molecular complexity index is 881. The van der Waals surface area contributed by atoms with Gasteiger partial charge in [0.15, 0.2) is 5.65 Å². The molecule has 0 amide bonds. The van der Waals surface area contributed by atoms with E-state index in [0.29, 0.717) is 5.65 Å². The molecule has 2 aromatic heterocycles. The largest absolute Gasteiger partial charge is 0.398 e. The highest BCUT2D eigenvalue weighted by Crippen LogP contribution is 2.27. The maximum atomic E-state index is 11.4. The fraction of sp³-hybridized carbons (Fsp3) is 0.214. The minimum Gasteiger partial charge on any atom is -0.398 e. The Morgan fingerprint density at radius 3 is 3.14 bits per heavy atom. The smallest absolute Gasteiger partial charge is 0.348 e. The number of H-pyrrole nitrogens is 1. The van der Waals surface area contributed by atoms with Crippen LogP contribution in [0.2, 0.25) is 0 Å². The molecule has 106 valence electrons. The van der Waals surface area contributed by atoms with Gasteiger partial charge in [0.05, 0.1) is 0 Å². The Morgan fingerprint density at radius 1 is 1.33 bits per heavy atom. The number of benzene rings is 1. The first-order valence-electron chi connectivity index (χ1n) is 6.76. The lowest BCUT2D eigenvalue weighted by Gasteiger charge is -2.30. The number of anilines is 2. The second-order valence-corrected chi connectivity index (χ2v) is 5.16. The number of aromatic amines is 1. The molecule has 3 heterocycles. The molecule has 4 rings (SSSR count). The zero-order chi connectivity index (χ0) is 14.4. The molecule has 21 heavy (non-hydrogen) atoms. The molecule has 1 aliphatic rings. The van der Waals surface area contributed by atoms with Crippen molar-refractivity contribution in [2.24, 2.45) is 0 Å². The van der Waals surface area contributed by atoms with Crippen molar-refractivity contribution in [1.82, 2.24) is 19.6 Å². The molecule has 0 unspecified atom stereocenters. The van der Waals surface area contributed by atoms with Crippen LogP contribution in [-0.4, -0.2) is 26.1 Å². The predicted molar refractivity (Wildman–Crippen MR) is 79.2 cm³/mol. The first kappa shape index (κ1) is 12.0. The molecule has 0 atom stereocenters. The summed E-state index contributed by atoms with van der Waals surface area (Å²) in [7, 11) is 0. The van der Waals surface area contributed by atoms with E-state index in [1.807, 2.05) is 18.2 Å². The van der Waals surface area contributed by atoms with E-state index in [0.717, 1.165) is 36.6 Å². The van der Waals surface area contributed by atoms with Crippen LogP contribution >= 0.6 is 0 Å². The zero-order valence-corrected chi connectivity index (χ0v) is 11.3. The molecule has 0 spiro atoms. The Balaban J connectivity index is 1.73. The van der Waals surface area contributed by atoms with E-state index in [1.54, 1.807) is 0 Å². The summed E-state index contributed by atoms with van der Waals surface area (Å²) in [6, 6.07) is 7.84. The first-order chi connectivity index (χ1) is 10.2. The minimum absolute atomic E-state index is 0.280. The molecule has 1 aliphatic heterocycles. The van der Waals surface area contributed by atoms with Gasteiger partial charge >= 0.3 is 5.69 Å². The standard InChI is InChI=1S/C14H14N6O/c15-11-3-1-2-9-4-5-19(7-10(9)11)12-6-13-17-18-14(21)20(13)8-16-12/h1-3,6,8H,4-5,7,15H2,(H,18,21). The van der Waals surface area contributed by atoms with Gasteiger partial charge in [-0.05, 0) is 23.6 Å². The second-order valence-electron chi connectivity index (χ2n) is 5.16. The van der Waals surface area contributed by atoms with Crippen LogP contribution in [0.4, 0.5) is 11.5 Å². The van der Waals surface area contributed by atoms with E-state index < -0.39 is 0 Å². The summed E-state index contributed by atoms with van der Waals surface area (Å²) in [5, 5.41) is 6.38. The highest BCUT2D eigenvalue weighted by Gasteiger charge is 2.19. The summed E-state index contributed by atoms with van der Waals surface area (Å²) >= 11 is 0. The van der Waals surface area contributed by atoms with Crippen LogP contribution in [0.25, 0.3) is 5.65 Å². The second kappa shape index (κ2) is 4.34. The van der Waals surface area contributed by atoms with Gasteiger partial charge in [-0.25, -0.2) is 19.3 Å². The average molecular weight is 282 g/mol. The Labute approximate surface area is 120 Å². The molecule has 7 heteroatoms. The third-order valence-corrected chi connectivity index (χ3v) is 3.93. The number of aromatic nitrogens is 4. The molecule has 1 aromatic carbocycles. The van der Waals surface area contributed by atoms with Gasteiger partial charge in [-0.3, -0.25) is 0 Å². The quantitative estimate of drug-likeness (QED) is 0.636. The van der Waals surface area contributed by atoms with Crippen molar-refractivity contribution >= 4 is 17.2 Å². The van der Waals surface area contributed by atoms with Crippen molar-refractivity contribution in [3.63, 3.8) is 0 Å². The number of rotatable bonds is 1. The van der Waals surface area contributed by atoms with Crippen molar-refractivity contribution in [2.45, 2.75) is 13.0 Å². The topological polar surface area (TPSA) is 92.3 Å². The lowest BCUT2D eigenvalue weighted by molar-refractivity contribution is 0.720. The van der Waals surface area contributed by atoms with E-state index in [1.165, 1.54) is 16.3 Å². The average Bonchev–Trinajstić information content (AvgIpc) is 2.88. The molecule has 0 radical (unpaired) electrons. The van der Waals surface area contributed by atoms with Crippen LogP contribution in [-0.2, 0) is 13.0 Å². The van der Waals surface area contributed by atoms with Crippen molar-refractivity contribution in [3.05, 3.63) is 52.2 Å². The summed E-state index contributed by atoms with van der Waals surface area (Å²) in [5.41, 5.74) is 9.62. The van der Waals surface area contributed by atoms with Crippen LogP contribution < -0.4 is 16.3 Å². The molecular formula is C14H14N6O. The Kier molecular flexibility index (Phi) is 2.47. The van der Waals surface area contributed by atoms with Crippen molar-refractivity contribution in [3.8, 4) is 0 Å². The summed E-state index contributed by atoms with van der Waals surface area (Å²) in [5.74, 6) is 0.801. The van der Waals surface area contributed by atoms with E-state index in [4.69, 9.17) is 5.73 Å². The molecule has 0 saturated carbocycles. The highest BCUT2D eigenvalue weighted by molar-refractivity contribution is 5.57. The van der Waals surface area contributed by atoms with Gasteiger partial charge in [0.2, 0.25) is 0 Å². The molecule has 3 aromatic rings. The number of hydrogen-bond acceptors (Lipinski definition) is 5. The number of hydrogen-bond donors (Lipinski definition) is 2. The lowest BCUT2D eigenvalue weighted by Crippen LogP contribution is -2.31. The van der Waals surface area contributed by atoms with Gasteiger partial charge in [-0.2, -0.15) is 5.10 Å². The van der Waals surface area contributed by atoms with Crippen molar-refractivity contribution in [2.75, 3.05) is 17.2 Å². The third kappa shape index (κ3) is 1.85. The number of nitrogens with zero attached hydrogens (tertiary/aromatic N) is 4. The third-order valence-electron chi connectivity index (χ3n) is 3.93. The number of nitrogens with one attached hydrogen (secondary N) is 1. The summed E-state index contributed by atoms with van der Waals surface area (Å²) in [6.07, 6.45) is 2.43. The Morgan fingerprint density at radius 2 is 2.24 bits per heavy atom. The molecule has 0 fully saturated rings. The van der Waals surface area contributed by atoms with Gasteiger partial charge in [0.25, 0.3) is 0 Å². The molecule has 3 N–H and O–H groups in total. The lowest BCUT2D eigenvalue weighted by atomic mass is 9.98. The van der Waals surface area contributed by atoms with Crippen LogP contribution in [0.15, 0.2) is 35.4 Å². The van der Waals surface area contributed by atoms with Gasteiger partial charge in [-0.15, -0.1) is 0 Å². The van der Waals surface area contributed by atoms with Crippen LogP contribution in [0.1, 0.15) is 11.1 Å².